The lowest BCUT2D eigenvalue weighted by Crippen LogP contribution is -2.51. The molecule has 1 aliphatic heterocycles. The van der Waals surface area contributed by atoms with Gasteiger partial charge >= 0.3 is 0 Å². The second-order valence-electron chi connectivity index (χ2n) is 5.45. The molecule has 1 aromatic rings. The normalized spacial score (nSPS) is 22.4. The maximum atomic E-state index is 12.8. The molecule has 0 aliphatic carbocycles. The summed E-state index contributed by atoms with van der Waals surface area (Å²) in [7, 11) is 0. The third kappa shape index (κ3) is 4.95. The third-order valence-corrected chi connectivity index (χ3v) is 3.95. The van der Waals surface area contributed by atoms with Crippen LogP contribution in [-0.2, 0) is 4.79 Å². The molecule has 21 heavy (non-hydrogen) atoms. The number of nitrogens with two attached hydrogens (primary N) is 1. The van der Waals surface area contributed by atoms with Gasteiger partial charge < -0.3 is 11.1 Å². The second kappa shape index (κ2) is 8.32. The monoisotopic (exact) mass is 315 g/mol. The highest BCUT2D eigenvalue weighted by Crippen LogP contribution is 2.22. The number of nitrogens with one attached hydrogen (secondary N) is 1. The van der Waals surface area contributed by atoms with Gasteiger partial charge in [0.25, 0.3) is 0 Å². The molecule has 0 radical (unpaired) electrons. The van der Waals surface area contributed by atoms with Crippen molar-refractivity contribution in [2.75, 3.05) is 25.0 Å². The number of carbonyl (C=O) groups excluding carboxylic acids is 1. The van der Waals surface area contributed by atoms with Crippen LogP contribution >= 0.6 is 12.4 Å². The molecule has 1 heterocycles. The summed E-state index contributed by atoms with van der Waals surface area (Å²) >= 11 is 0. The molecule has 1 fully saturated rings. The SMILES string of the molecule is CC1CCCN(CC(=O)Nc2ccc(F)cc2)C1CN.Cl. The molecule has 1 aromatic carbocycles. The van der Waals surface area contributed by atoms with Crippen molar-refractivity contribution in [1.82, 2.24) is 4.90 Å². The molecule has 3 N–H and O–H groups in total. The number of rotatable bonds is 4. The molecule has 118 valence electrons. The zero-order valence-electron chi connectivity index (χ0n) is 12.2. The van der Waals surface area contributed by atoms with Crippen LogP contribution in [0.25, 0.3) is 0 Å². The van der Waals surface area contributed by atoms with E-state index in [2.05, 4.69) is 17.1 Å². The van der Waals surface area contributed by atoms with Gasteiger partial charge in [-0.05, 0) is 49.6 Å². The number of anilines is 1. The number of benzene rings is 1. The van der Waals surface area contributed by atoms with Crippen LogP contribution < -0.4 is 11.1 Å². The summed E-state index contributed by atoms with van der Waals surface area (Å²) in [5, 5.41) is 2.79. The summed E-state index contributed by atoms with van der Waals surface area (Å²) in [5.41, 5.74) is 6.43. The molecule has 2 unspecified atom stereocenters. The highest BCUT2D eigenvalue weighted by atomic mass is 35.5. The van der Waals surface area contributed by atoms with Crippen molar-refractivity contribution in [2.24, 2.45) is 11.7 Å². The van der Waals surface area contributed by atoms with Gasteiger partial charge in [-0.25, -0.2) is 4.39 Å². The fourth-order valence-corrected chi connectivity index (χ4v) is 2.83. The molecular formula is C15H23ClFN3O. The van der Waals surface area contributed by atoms with Gasteiger partial charge in [-0.3, -0.25) is 9.69 Å². The van der Waals surface area contributed by atoms with Crippen LogP contribution in [0.3, 0.4) is 0 Å². The predicted molar refractivity (Wildman–Crippen MR) is 85.1 cm³/mol. The van der Waals surface area contributed by atoms with Crippen LogP contribution in [0.1, 0.15) is 19.8 Å². The van der Waals surface area contributed by atoms with E-state index in [9.17, 15) is 9.18 Å². The van der Waals surface area contributed by atoms with Crippen molar-refractivity contribution in [3.63, 3.8) is 0 Å². The minimum atomic E-state index is -0.309. The van der Waals surface area contributed by atoms with Gasteiger partial charge in [0.05, 0.1) is 6.54 Å². The van der Waals surface area contributed by atoms with Crippen molar-refractivity contribution < 1.29 is 9.18 Å². The topological polar surface area (TPSA) is 58.4 Å². The van der Waals surface area contributed by atoms with Crippen molar-refractivity contribution in [3.8, 4) is 0 Å². The first kappa shape index (κ1) is 17.9. The van der Waals surface area contributed by atoms with Crippen LogP contribution in [0.4, 0.5) is 10.1 Å². The Hall–Kier alpha value is -1.17. The van der Waals surface area contributed by atoms with E-state index in [0.717, 1.165) is 19.4 Å². The molecule has 0 spiro atoms. The van der Waals surface area contributed by atoms with E-state index in [-0.39, 0.29) is 30.2 Å². The fraction of sp³-hybridized carbons (Fsp3) is 0.533. The van der Waals surface area contributed by atoms with Gasteiger partial charge in [0, 0.05) is 18.3 Å². The van der Waals surface area contributed by atoms with Gasteiger partial charge in [-0.15, -0.1) is 12.4 Å². The smallest absolute Gasteiger partial charge is 0.238 e. The summed E-state index contributed by atoms with van der Waals surface area (Å²) in [5.74, 6) is 0.132. The fourth-order valence-electron chi connectivity index (χ4n) is 2.83. The quantitative estimate of drug-likeness (QED) is 0.896. The Morgan fingerprint density at radius 1 is 1.43 bits per heavy atom. The van der Waals surface area contributed by atoms with Gasteiger partial charge in [-0.1, -0.05) is 6.92 Å². The highest BCUT2D eigenvalue weighted by Gasteiger charge is 2.28. The maximum Gasteiger partial charge on any atom is 0.238 e. The Balaban J connectivity index is 0.00000220. The van der Waals surface area contributed by atoms with Crippen molar-refractivity contribution in [3.05, 3.63) is 30.1 Å². The number of hydrogen-bond donors (Lipinski definition) is 2. The van der Waals surface area contributed by atoms with E-state index in [1.165, 1.54) is 12.1 Å². The van der Waals surface area contributed by atoms with Crippen LogP contribution in [0, 0.1) is 11.7 Å². The van der Waals surface area contributed by atoms with E-state index < -0.39 is 0 Å². The average molecular weight is 316 g/mol. The molecule has 0 bridgehead atoms. The zero-order valence-corrected chi connectivity index (χ0v) is 13.0. The molecule has 4 nitrogen and oxygen atoms in total. The van der Waals surface area contributed by atoms with E-state index in [4.69, 9.17) is 5.73 Å². The molecular weight excluding hydrogens is 293 g/mol. The van der Waals surface area contributed by atoms with Crippen molar-refractivity contribution in [1.29, 1.82) is 0 Å². The maximum absolute atomic E-state index is 12.8. The Bertz CT molecular complexity index is 455. The lowest BCUT2D eigenvalue weighted by molar-refractivity contribution is -0.118. The first-order valence-corrected chi connectivity index (χ1v) is 7.09. The van der Waals surface area contributed by atoms with Crippen LogP contribution in [0.15, 0.2) is 24.3 Å². The van der Waals surface area contributed by atoms with E-state index in [1.54, 1.807) is 12.1 Å². The Morgan fingerprint density at radius 2 is 2.10 bits per heavy atom. The minimum Gasteiger partial charge on any atom is -0.329 e. The number of amides is 1. The van der Waals surface area contributed by atoms with Crippen molar-refractivity contribution >= 4 is 24.0 Å². The molecule has 1 amide bonds. The summed E-state index contributed by atoms with van der Waals surface area (Å²) in [6.45, 7) is 4.00. The van der Waals surface area contributed by atoms with Crippen LogP contribution in [0.5, 0.6) is 0 Å². The second-order valence-corrected chi connectivity index (χ2v) is 5.45. The molecule has 1 saturated heterocycles. The third-order valence-electron chi connectivity index (χ3n) is 3.95. The Labute approximate surface area is 131 Å². The largest absolute Gasteiger partial charge is 0.329 e. The molecule has 1 aliphatic rings. The zero-order chi connectivity index (χ0) is 14.5. The van der Waals surface area contributed by atoms with Gasteiger partial charge in [-0.2, -0.15) is 0 Å². The van der Waals surface area contributed by atoms with Crippen molar-refractivity contribution in [2.45, 2.75) is 25.8 Å². The molecule has 6 heteroatoms. The van der Waals surface area contributed by atoms with Gasteiger partial charge in [0.2, 0.25) is 5.91 Å². The number of carbonyl (C=O) groups is 1. The number of piperidine rings is 1. The lowest BCUT2D eigenvalue weighted by atomic mass is 9.91. The first-order chi connectivity index (χ1) is 9.60. The standard InChI is InChI=1S/C15H22FN3O.ClH/c1-11-3-2-8-19(14(11)9-17)10-15(20)18-13-6-4-12(16)5-7-13;/h4-7,11,14H,2-3,8-10,17H2,1H3,(H,18,20);1H. The highest BCUT2D eigenvalue weighted by molar-refractivity contribution is 5.92. The first-order valence-electron chi connectivity index (χ1n) is 7.09. The van der Waals surface area contributed by atoms with Gasteiger partial charge in [0.15, 0.2) is 0 Å². The van der Waals surface area contributed by atoms with E-state index in [1.807, 2.05) is 0 Å². The summed E-state index contributed by atoms with van der Waals surface area (Å²) in [4.78, 5) is 14.2. The summed E-state index contributed by atoms with van der Waals surface area (Å²) < 4.78 is 12.8. The lowest BCUT2D eigenvalue weighted by Gasteiger charge is -2.38. The Morgan fingerprint density at radius 3 is 2.71 bits per heavy atom. The van der Waals surface area contributed by atoms with E-state index >= 15 is 0 Å². The summed E-state index contributed by atoms with van der Waals surface area (Å²) in [6.07, 6.45) is 2.26. The molecule has 2 atom stereocenters. The summed E-state index contributed by atoms with van der Waals surface area (Å²) in [6, 6.07) is 6.06. The van der Waals surface area contributed by atoms with E-state index in [0.29, 0.717) is 24.7 Å². The predicted octanol–water partition coefficient (Wildman–Crippen LogP) is 2.25. The average Bonchev–Trinajstić information content (AvgIpc) is 2.42. The molecule has 0 saturated carbocycles. The Kier molecular flexibility index (Phi) is 7.08. The van der Waals surface area contributed by atoms with Crippen LogP contribution in [-0.4, -0.2) is 36.5 Å². The minimum absolute atomic E-state index is 0. The number of likely N-dealkylation sites (tertiary alicyclic amines) is 1. The molecule has 2 rings (SSSR count). The number of nitrogens with zero attached hydrogens (tertiary/aromatic N) is 1. The number of halogens is 2. The molecule has 0 aromatic heterocycles. The van der Waals surface area contributed by atoms with Gasteiger partial charge in [0.1, 0.15) is 5.82 Å². The number of hydrogen-bond acceptors (Lipinski definition) is 3. The van der Waals surface area contributed by atoms with Crippen LogP contribution in [0.2, 0.25) is 0 Å².